The number of benzene rings is 1. The first-order chi connectivity index (χ1) is 9.86. The van der Waals surface area contributed by atoms with E-state index in [1.807, 2.05) is 36.4 Å². The van der Waals surface area contributed by atoms with Crippen molar-refractivity contribution in [1.29, 1.82) is 0 Å². The first kappa shape index (κ1) is 13.0. The Morgan fingerprint density at radius 3 is 2.60 bits per heavy atom. The summed E-state index contributed by atoms with van der Waals surface area (Å²) in [6.07, 6.45) is 6.91. The summed E-state index contributed by atoms with van der Waals surface area (Å²) in [6, 6.07) is 11.9. The van der Waals surface area contributed by atoms with Crippen molar-refractivity contribution in [3.05, 3.63) is 42.6 Å². The molecule has 0 spiro atoms. The van der Waals surface area contributed by atoms with Gasteiger partial charge < -0.3 is 9.47 Å². The van der Waals surface area contributed by atoms with Crippen molar-refractivity contribution in [1.82, 2.24) is 4.98 Å². The second-order valence-electron chi connectivity index (χ2n) is 5.10. The predicted octanol–water partition coefficient (Wildman–Crippen LogP) is 4.08. The minimum Gasteiger partial charge on any atom is -0.493 e. The molecule has 3 heteroatoms. The molecule has 3 rings (SSSR count). The number of hydrogen-bond donors (Lipinski definition) is 0. The van der Waals surface area contributed by atoms with Crippen molar-refractivity contribution in [2.45, 2.75) is 31.8 Å². The highest BCUT2D eigenvalue weighted by Crippen LogP contribution is 2.34. The number of pyridine rings is 1. The summed E-state index contributed by atoms with van der Waals surface area (Å²) in [4.78, 5) is 4.38. The lowest BCUT2D eigenvalue weighted by Crippen LogP contribution is -2.11. The molecule has 20 heavy (non-hydrogen) atoms. The van der Waals surface area contributed by atoms with Crippen LogP contribution >= 0.6 is 0 Å². The van der Waals surface area contributed by atoms with E-state index in [2.05, 4.69) is 4.98 Å². The maximum Gasteiger partial charge on any atom is 0.162 e. The predicted molar refractivity (Wildman–Crippen MR) is 79.1 cm³/mol. The number of rotatable bonds is 4. The minimum absolute atomic E-state index is 0.322. The SMILES string of the molecule is COc1ccc(-c2ccccn2)cc1OC1CCCC1. The van der Waals surface area contributed by atoms with E-state index in [1.54, 1.807) is 13.3 Å². The third-order valence-electron chi connectivity index (χ3n) is 3.72. The molecule has 0 saturated heterocycles. The Labute approximate surface area is 119 Å². The number of ether oxygens (including phenoxy) is 2. The molecule has 1 heterocycles. The molecular weight excluding hydrogens is 250 g/mol. The van der Waals surface area contributed by atoms with Crippen LogP contribution in [0.5, 0.6) is 11.5 Å². The molecule has 0 radical (unpaired) electrons. The lowest BCUT2D eigenvalue weighted by molar-refractivity contribution is 0.201. The Bertz CT molecular complexity index is 562. The van der Waals surface area contributed by atoms with Gasteiger partial charge in [0.15, 0.2) is 11.5 Å². The van der Waals surface area contributed by atoms with Crippen LogP contribution in [0.2, 0.25) is 0 Å². The van der Waals surface area contributed by atoms with Crippen molar-refractivity contribution in [2.24, 2.45) is 0 Å². The molecule has 0 atom stereocenters. The Balaban J connectivity index is 1.90. The van der Waals surface area contributed by atoms with E-state index in [0.29, 0.717) is 6.10 Å². The number of nitrogens with zero attached hydrogens (tertiary/aromatic N) is 1. The van der Waals surface area contributed by atoms with Gasteiger partial charge in [-0.3, -0.25) is 4.98 Å². The summed E-state index contributed by atoms with van der Waals surface area (Å²) in [5.74, 6) is 1.61. The zero-order chi connectivity index (χ0) is 13.8. The highest BCUT2D eigenvalue weighted by Gasteiger charge is 2.18. The smallest absolute Gasteiger partial charge is 0.162 e. The molecule has 2 aromatic rings. The fraction of sp³-hybridized carbons (Fsp3) is 0.353. The molecule has 1 aliphatic carbocycles. The third-order valence-corrected chi connectivity index (χ3v) is 3.72. The highest BCUT2D eigenvalue weighted by molar-refractivity contribution is 5.63. The molecule has 1 fully saturated rings. The van der Waals surface area contributed by atoms with E-state index in [0.717, 1.165) is 35.6 Å². The van der Waals surface area contributed by atoms with E-state index >= 15 is 0 Å². The van der Waals surface area contributed by atoms with E-state index in [9.17, 15) is 0 Å². The van der Waals surface area contributed by atoms with Crippen LogP contribution in [0, 0.1) is 0 Å². The molecule has 1 aromatic heterocycles. The Morgan fingerprint density at radius 2 is 1.90 bits per heavy atom. The van der Waals surface area contributed by atoms with Crippen molar-refractivity contribution in [2.75, 3.05) is 7.11 Å². The van der Waals surface area contributed by atoms with Gasteiger partial charge in [0.1, 0.15) is 0 Å². The molecule has 0 unspecified atom stereocenters. The average molecular weight is 269 g/mol. The van der Waals surface area contributed by atoms with Crippen molar-refractivity contribution in [3.8, 4) is 22.8 Å². The standard InChI is InChI=1S/C17H19NO2/c1-19-16-10-9-13(15-8-4-5-11-18-15)12-17(16)20-14-6-2-3-7-14/h4-5,8-12,14H,2-3,6-7H2,1H3. The van der Waals surface area contributed by atoms with Crippen molar-refractivity contribution < 1.29 is 9.47 Å². The van der Waals surface area contributed by atoms with E-state index in [4.69, 9.17) is 9.47 Å². The second-order valence-corrected chi connectivity index (χ2v) is 5.10. The van der Waals surface area contributed by atoms with Crippen LogP contribution < -0.4 is 9.47 Å². The van der Waals surface area contributed by atoms with Crippen LogP contribution in [0.3, 0.4) is 0 Å². The molecule has 1 aromatic carbocycles. The summed E-state index contributed by atoms with van der Waals surface area (Å²) in [6.45, 7) is 0. The van der Waals surface area contributed by atoms with Gasteiger partial charge in [0.2, 0.25) is 0 Å². The normalized spacial score (nSPS) is 15.2. The minimum atomic E-state index is 0.322. The molecule has 104 valence electrons. The topological polar surface area (TPSA) is 31.4 Å². The molecular formula is C17H19NO2. The van der Waals surface area contributed by atoms with Crippen LogP contribution in [-0.4, -0.2) is 18.2 Å². The first-order valence-corrected chi connectivity index (χ1v) is 7.13. The number of aromatic nitrogens is 1. The third kappa shape index (κ3) is 2.77. The fourth-order valence-corrected chi connectivity index (χ4v) is 2.65. The van der Waals surface area contributed by atoms with Crippen molar-refractivity contribution in [3.63, 3.8) is 0 Å². The zero-order valence-electron chi connectivity index (χ0n) is 11.7. The molecule has 1 saturated carbocycles. The van der Waals surface area contributed by atoms with Crippen molar-refractivity contribution >= 4 is 0 Å². The average Bonchev–Trinajstić information content (AvgIpc) is 3.01. The number of methoxy groups -OCH3 is 1. The van der Waals surface area contributed by atoms with Gasteiger partial charge in [-0.1, -0.05) is 6.07 Å². The molecule has 0 N–H and O–H groups in total. The van der Waals surface area contributed by atoms with E-state index in [-0.39, 0.29) is 0 Å². The van der Waals surface area contributed by atoms with Gasteiger partial charge >= 0.3 is 0 Å². The van der Waals surface area contributed by atoms with Crippen LogP contribution in [-0.2, 0) is 0 Å². The summed E-state index contributed by atoms with van der Waals surface area (Å²) in [5.41, 5.74) is 2.01. The Hall–Kier alpha value is -2.03. The van der Waals surface area contributed by atoms with Gasteiger partial charge in [0.25, 0.3) is 0 Å². The van der Waals surface area contributed by atoms with Crippen LogP contribution in [0.1, 0.15) is 25.7 Å². The molecule has 1 aliphatic rings. The summed E-state index contributed by atoms with van der Waals surface area (Å²) in [7, 11) is 1.68. The molecule has 3 nitrogen and oxygen atoms in total. The van der Waals surface area contributed by atoms with Crippen LogP contribution in [0.25, 0.3) is 11.3 Å². The van der Waals surface area contributed by atoms with Gasteiger partial charge in [0, 0.05) is 11.8 Å². The quantitative estimate of drug-likeness (QED) is 0.838. The lowest BCUT2D eigenvalue weighted by Gasteiger charge is -2.16. The van der Waals surface area contributed by atoms with E-state index < -0.39 is 0 Å². The largest absolute Gasteiger partial charge is 0.493 e. The zero-order valence-corrected chi connectivity index (χ0v) is 11.7. The van der Waals surface area contributed by atoms with Crippen LogP contribution in [0.15, 0.2) is 42.6 Å². The first-order valence-electron chi connectivity index (χ1n) is 7.13. The van der Waals surface area contributed by atoms with Gasteiger partial charge in [-0.2, -0.15) is 0 Å². The van der Waals surface area contributed by atoms with Gasteiger partial charge in [-0.15, -0.1) is 0 Å². The summed E-state index contributed by atoms with van der Waals surface area (Å²) < 4.78 is 11.5. The Morgan fingerprint density at radius 1 is 1.05 bits per heavy atom. The van der Waals surface area contributed by atoms with Gasteiger partial charge in [-0.05, 0) is 56.0 Å². The molecule has 0 bridgehead atoms. The second kappa shape index (κ2) is 5.95. The lowest BCUT2D eigenvalue weighted by atomic mass is 10.1. The summed E-state index contributed by atoms with van der Waals surface area (Å²) in [5, 5.41) is 0. The summed E-state index contributed by atoms with van der Waals surface area (Å²) >= 11 is 0. The fourth-order valence-electron chi connectivity index (χ4n) is 2.65. The van der Waals surface area contributed by atoms with Gasteiger partial charge in [0.05, 0.1) is 18.9 Å². The maximum atomic E-state index is 6.11. The van der Waals surface area contributed by atoms with E-state index in [1.165, 1.54) is 12.8 Å². The highest BCUT2D eigenvalue weighted by atomic mass is 16.5. The molecule has 0 aliphatic heterocycles. The maximum absolute atomic E-state index is 6.11. The number of hydrogen-bond acceptors (Lipinski definition) is 3. The van der Waals surface area contributed by atoms with Crippen LogP contribution in [0.4, 0.5) is 0 Å². The Kier molecular flexibility index (Phi) is 3.86. The van der Waals surface area contributed by atoms with Gasteiger partial charge in [-0.25, -0.2) is 0 Å². The monoisotopic (exact) mass is 269 g/mol. The molecule has 0 amide bonds.